The van der Waals surface area contributed by atoms with Gasteiger partial charge in [-0.25, -0.2) is 0 Å². The number of fused-ring (bicyclic) bond motifs is 1. The zero-order chi connectivity index (χ0) is 14.7. The van der Waals surface area contributed by atoms with Crippen molar-refractivity contribution < 1.29 is 0 Å². The van der Waals surface area contributed by atoms with Crippen molar-refractivity contribution in [2.75, 3.05) is 6.54 Å². The number of nitrogens with one attached hydrogen (secondary N) is 1. The van der Waals surface area contributed by atoms with Crippen LogP contribution in [0.5, 0.6) is 0 Å². The van der Waals surface area contributed by atoms with Gasteiger partial charge in [0.2, 0.25) is 0 Å². The highest BCUT2D eigenvalue weighted by Crippen LogP contribution is 2.27. The summed E-state index contributed by atoms with van der Waals surface area (Å²) in [6.45, 7) is 5.41. The molecule has 0 radical (unpaired) electrons. The smallest absolute Gasteiger partial charge is 0.0360 e. The van der Waals surface area contributed by atoms with Gasteiger partial charge >= 0.3 is 0 Å². The minimum Gasteiger partial charge on any atom is -0.310 e. The molecule has 0 saturated carbocycles. The Labute approximate surface area is 128 Å². The number of aryl methyl sites for hydroxylation is 3. The van der Waals surface area contributed by atoms with E-state index < -0.39 is 0 Å². The molecule has 0 heterocycles. The molecule has 0 spiro atoms. The van der Waals surface area contributed by atoms with E-state index in [-0.39, 0.29) is 0 Å². The molecule has 3 rings (SSSR count). The van der Waals surface area contributed by atoms with Crippen LogP contribution >= 0.6 is 0 Å². The summed E-state index contributed by atoms with van der Waals surface area (Å²) in [6.07, 6.45) is 4.91. The number of hydrogen-bond acceptors (Lipinski definition) is 1. The number of likely N-dealkylation sites (N-methyl/N-ethyl adjacent to an activating group) is 1. The summed E-state index contributed by atoms with van der Waals surface area (Å²) in [5, 5.41) is 3.67. The lowest BCUT2D eigenvalue weighted by Gasteiger charge is -2.20. The van der Waals surface area contributed by atoms with E-state index in [0.717, 1.165) is 13.0 Å². The Kier molecular flexibility index (Phi) is 4.40. The van der Waals surface area contributed by atoms with Crippen molar-refractivity contribution in [2.45, 2.75) is 45.6 Å². The average molecular weight is 279 g/mol. The summed E-state index contributed by atoms with van der Waals surface area (Å²) in [7, 11) is 0. The Hall–Kier alpha value is -1.60. The van der Waals surface area contributed by atoms with Crippen LogP contribution in [-0.2, 0) is 19.3 Å². The van der Waals surface area contributed by atoms with Crippen molar-refractivity contribution in [2.24, 2.45) is 0 Å². The SMILES string of the molecule is CCNC(Cc1ccccc1C)c1ccc2c(c1)CCC2. The van der Waals surface area contributed by atoms with Gasteiger partial charge in [0.1, 0.15) is 0 Å². The van der Waals surface area contributed by atoms with Gasteiger partial charge in [0.25, 0.3) is 0 Å². The first-order chi connectivity index (χ1) is 10.3. The minimum atomic E-state index is 0.419. The molecule has 0 aromatic heterocycles. The van der Waals surface area contributed by atoms with Crippen LogP contribution in [0.1, 0.15) is 47.2 Å². The Morgan fingerprint density at radius 1 is 1.05 bits per heavy atom. The molecule has 1 N–H and O–H groups in total. The molecular formula is C20H25N. The third kappa shape index (κ3) is 3.19. The van der Waals surface area contributed by atoms with Crippen molar-refractivity contribution in [3.63, 3.8) is 0 Å². The topological polar surface area (TPSA) is 12.0 Å². The molecule has 0 aliphatic heterocycles. The highest BCUT2D eigenvalue weighted by atomic mass is 14.9. The number of benzene rings is 2. The van der Waals surface area contributed by atoms with Gasteiger partial charge in [-0.1, -0.05) is 49.4 Å². The Morgan fingerprint density at radius 3 is 2.67 bits per heavy atom. The van der Waals surface area contributed by atoms with E-state index in [1.54, 1.807) is 11.1 Å². The van der Waals surface area contributed by atoms with Crippen molar-refractivity contribution in [1.82, 2.24) is 5.32 Å². The van der Waals surface area contributed by atoms with E-state index in [9.17, 15) is 0 Å². The molecule has 0 saturated heterocycles. The minimum absolute atomic E-state index is 0.419. The highest BCUT2D eigenvalue weighted by Gasteiger charge is 2.16. The quantitative estimate of drug-likeness (QED) is 0.856. The standard InChI is InChI=1S/C20H25N/c1-3-21-20(14-17-8-5-4-7-15(17)2)19-12-11-16-9-6-10-18(16)13-19/h4-5,7-8,11-13,20-21H,3,6,9-10,14H2,1-2H3. The predicted molar refractivity (Wildman–Crippen MR) is 89.8 cm³/mol. The zero-order valence-electron chi connectivity index (χ0n) is 13.2. The lowest BCUT2D eigenvalue weighted by atomic mass is 9.94. The highest BCUT2D eigenvalue weighted by molar-refractivity contribution is 5.37. The first-order valence-electron chi connectivity index (χ1n) is 8.17. The molecule has 1 heteroatoms. The molecule has 2 aromatic rings. The molecule has 110 valence electrons. The molecule has 2 aromatic carbocycles. The molecule has 1 atom stereocenters. The van der Waals surface area contributed by atoms with E-state index in [4.69, 9.17) is 0 Å². The van der Waals surface area contributed by atoms with Crippen LogP contribution in [0.4, 0.5) is 0 Å². The van der Waals surface area contributed by atoms with Crippen LogP contribution in [0.15, 0.2) is 42.5 Å². The summed E-state index contributed by atoms with van der Waals surface area (Å²) in [5.41, 5.74) is 7.41. The molecule has 0 amide bonds. The third-order valence-electron chi connectivity index (χ3n) is 4.66. The van der Waals surface area contributed by atoms with Crippen LogP contribution < -0.4 is 5.32 Å². The average Bonchev–Trinajstić information content (AvgIpc) is 2.96. The summed E-state index contributed by atoms with van der Waals surface area (Å²) in [5.74, 6) is 0. The third-order valence-corrected chi connectivity index (χ3v) is 4.66. The van der Waals surface area contributed by atoms with Crippen molar-refractivity contribution in [1.29, 1.82) is 0 Å². The van der Waals surface area contributed by atoms with Gasteiger partial charge in [0, 0.05) is 6.04 Å². The maximum atomic E-state index is 3.67. The van der Waals surface area contributed by atoms with Gasteiger partial charge in [-0.05, 0) is 67.0 Å². The van der Waals surface area contributed by atoms with Gasteiger partial charge in [0.15, 0.2) is 0 Å². The van der Waals surface area contributed by atoms with E-state index >= 15 is 0 Å². The second-order valence-corrected chi connectivity index (χ2v) is 6.12. The second kappa shape index (κ2) is 6.44. The first-order valence-corrected chi connectivity index (χ1v) is 8.17. The van der Waals surface area contributed by atoms with Crippen LogP contribution in [-0.4, -0.2) is 6.54 Å². The zero-order valence-corrected chi connectivity index (χ0v) is 13.2. The molecule has 21 heavy (non-hydrogen) atoms. The van der Waals surface area contributed by atoms with Gasteiger partial charge < -0.3 is 5.32 Å². The Morgan fingerprint density at radius 2 is 1.86 bits per heavy atom. The lowest BCUT2D eigenvalue weighted by molar-refractivity contribution is 0.548. The van der Waals surface area contributed by atoms with Crippen LogP contribution in [0.2, 0.25) is 0 Å². The molecule has 1 nitrogen and oxygen atoms in total. The van der Waals surface area contributed by atoms with Crippen LogP contribution in [0.3, 0.4) is 0 Å². The Bertz CT molecular complexity index is 615. The maximum Gasteiger partial charge on any atom is 0.0360 e. The van der Waals surface area contributed by atoms with Gasteiger partial charge in [-0.15, -0.1) is 0 Å². The van der Waals surface area contributed by atoms with E-state index in [2.05, 4.69) is 61.6 Å². The molecule has 0 bridgehead atoms. The van der Waals surface area contributed by atoms with Crippen molar-refractivity contribution in [3.8, 4) is 0 Å². The largest absolute Gasteiger partial charge is 0.310 e. The summed E-state index contributed by atoms with van der Waals surface area (Å²) < 4.78 is 0. The van der Waals surface area contributed by atoms with Crippen LogP contribution in [0.25, 0.3) is 0 Å². The monoisotopic (exact) mass is 279 g/mol. The molecule has 1 aliphatic rings. The number of rotatable bonds is 5. The maximum absolute atomic E-state index is 3.67. The predicted octanol–water partition coefficient (Wildman–Crippen LogP) is 4.38. The Balaban J connectivity index is 1.86. The molecule has 0 fully saturated rings. The fourth-order valence-electron chi connectivity index (χ4n) is 3.42. The summed E-state index contributed by atoms with van der Waals surface area (Å²) in [6, 6.07) is 16.3. The van der Waals surface area contributed by atoms with Crippen molar-refractivity contribution in [3.05, 3.63) is 70.3 Å². The number of hydrogen-bond donors (Lipinski definition) is 1. The second-order valence-electron chi connectivity index (χ2n) is 6.12. The van der Waals surface area contributed by atoms with Gasteiger partial charge in [-0.2, -0.15) is 0 Å². The lowest BCUT2D eigenvalue weighted by Crippen LogP contribution is -2.23. The van der Waals surface area contributed by atoms with Crippen molar-refractivity contribution >= 4 is 0 Å². The van der Waals surface area contributed by atoms with Crippen LogP contribution in [0, 0.1) is 6.92 Å². The fourth-order valence-corrected chi connectivity index (χ4v) is 3.42. The normalized spacial score (nSPS) is 15.0. The fraction of sp³-hybridized carbons (Fsp3) is 0.400. The summed E-state index contributed by atoms with van der Waals surface area (Å²) in [4.78, 5) is 0. The molecule has 1 unspecified atom stereocenters. The van der Waals surface area contributed by atoms with Gasteiger partial charge in [0.05, 0.1) is 0 Å². The first kappa shape index (κ1) is 14.3. The van der Waals surface area contributed by atoms with E-state index in [0.29, 0.717) is 6.04 Å². The van der Waals surface area contributed by atoms with E-state index in [1.165, 1.54) is 36.0 Å². The summed E-state index contributed by atoms with van der Waals surface area (Å²) >= 11 is 0. The van der Waals surface area contributed by atoms with Gasteiger partial charge in [-0.3, -0.25) is 0 Å². The van der Waals surface area contributed by atoms with E-state index in [1.807, 2.05) is 0 Å². The molecular weight excluding hydrogens is 254 g/mol. The molecule has 1 aliphatic carbocycles.